The number of rotatable bonds is 5. The summed E-state index contributed by atoms with van der Waals surface area (Å²) in [7, 11) is 0. The number of ether oxygens (including phenoxy) is 1. The summed E-state index contributed by atoms with van der Waals surface area (Å²) < 4.78 is 5.18. The van der Waals surface area contributed by atoms with E-state index in [1.807, 2.05) is 13.8 Å². The molecule has 0 bridgehead atoms. The molecule has 0 aliphatic heterocycles. The third kappa shape index (κ3) is 4.27. The largest absolute Gasteiger partial charge is 0.369 e. The van der Waals surface area contributed by atoms with Crippen LogP contribution in [-0.2, 0) is 9.53 Å². The minimum Gasteiger partial charge on any atom is -0.369 e. The normalized spacial score (nSPS) is 18.8. The molecule has 1 fully saturated rings. The number of hydrogen-bond donors (Lipinski definition) is 1. The summed E-state index contributed by atoms with van der Waals surface area (Å²) in [6, 6.07) is 0. The smallest absolute Gasteiger partial charge is 0.246 e. The Balaban J connectivity index is 2.04. The molecule has 0 heterocycles. The zero-order valence-corrected chi connectivity index (χ0v) is 8.72. The number of hydrogen-bond acceptors (Lipinski definition) is 2. The van der Waals surface area contributed by atoms with E-state index in [2.05, 4.69) is 12.2 Å². The van der Waals surface area contributed by atoms with Gasteiger partial charge in [0.1, 0.15) is 6.61 Å². The van der Waals surface area contributed by atoms with Gasteiger partial charge in [-0.15, -0.1) is 0 Å². The molecular weight excluding hydrogens is 166 g/mol. The highest BCUT2D eigenvalue weighted by atomic mass is 16.5. The molecule has 0 atom stereocenters. The Morgan fingerprint density at radius 2 is 2.15 bits per heavy atom. The Morgan fingerprint density at radius 3 is 2.62 bits per heavy atom. The molecule has 0 aromatic carbocycles. The summed E-state index contributed by atoms with van der Waals surface area (Å²) in [5.41, 5.74) is 0.382. The van der Waals surface area contributed by atoms with Gasteiger partial charge in [0.15, 0.2) is 0 Å². The molecule has 1 N–H and O–H groups in total. The summed E-state index contributed by atoms with van der Waals surface area (Å²) in [6.07, 6.45) is 2.60. The maximum Gasteiger partial charge on any atom is 0.246 e. The predicted molar refractivity (Wildman–Crippen MR) is 51.4 cm³/mol. The van der Waals surface area contributed by atoms with E-state index in [0.29, 0.717) is 5.41 Å². The molecule has 1 rings (SSSR count). The van der Waals surface area contributed by atoms with Crippen molar-refractivity contribution in [2.75, 3.05) is 13.2 Å². The lowest BCUT2D eigenvalue weighted by Crippen LogP contribution is -2.32. The molecule has 76 valence electrons. The molecule has 0 aromatic heterocycles. The Kier molecular flexibility index (Phi) is 3.31. The van der Waals surface area contributed by atoms with E-state index in [-0.39, 0.29) is 18.6 Å². The number of carbonyl (C=O) groups excluding carboxylic acids is 1. The average Bonchev–Trinajstić information content (AvgIpc) is 2.77. The first-order valence-corrected chi connectivity index (χ1v) is 4.90. The van der Waals surface area contributed by atoms with Gasteiger partial charge in [-0.2, -0.15) is 0 Å². The lowest BCUT2D eigenvalue weighted by atomic mass is 10.1. The zero-order valence-electron chi connectivity index (χ0n) is 8.72. The van der Waals surface area contributed by atoms with Gasteiger partial charge in [-0.1, -0.05) is 6.92 Å². The van der Waals surface area contributed by atoms with Crippen LogP contribution < -0.4 is 5.32 Å². The molecular formula is C10H19NO2. The first kappa shape index (κ1) is 10.5. The van der Waals surface area contributed by atoms with Crippen LogP contribution in [-0.4, -0.2) is 25.2 Å². The van der Waals surface area contributed by atoms with Crippen LogP contribution in [0.15, 0.2) is 0 Å². The van der Waals surface area contributed by atoms with Gasteiger partial charge in [0.25, 0.3) is 0 Å². The molecule has 0 saturated heterocycles. The van der Waals surface area contributed by atoms with Gasteiger partial charge < -0.3 is 10.1 Å². The minimum atomic E-state index is 0.00169. The fourth-order valence-corrected chi connectivity index (χ4v) is 0.996. The van der Waals surface area contributed by atoms with Gasteiger partial charge in [0, 0.05) is 6.54 Å². The highest BCUT2D eigenvalue weighted by Crippen LogP contribution is 2.43. The maximum atomic E-state index is 11.2. The minimum absolute atomic E-state index is 0.00169. The third-order valence-electron chi connectivity index (χ3n) is 2.36. The van der Waals surface area contributed by atoms with Gasteiger partial charge in [-0.3, -0.25) is 4.79 Å². The Morgan fingerprint density at radius 1 is 1.54 bits per heavy atom. The second-order valence-electron chi connectivity index (χ2n) is 4.45. The molecule has 1 aliphatic carbocycles. The van der Waals surface area contributed by atoms with E-state index in [9.17, 15) is 4.79 Å². The lowest BCUT2D eigenvalue weighted by Gasteiger charge is -2.11. The van der Waals surface area contributed by atoms with E-state index in [1.54, 1.807) is 0 Å². The Labute approximate surface area is 79.8 Å². The second kappa shape index (κ2) is 4.09. The highest BCUT2D eigenvalue weighted by molar-refractivity contribution is 5.77. The van der Waals surface area contributed by atoms with E-state index >= 15 is 0 Å². The van der Waals surface area contributed by atoms with Gasteiger partial charge in [0.05, 0.1) is 6.10 Å². The summed E-state index contributed by atoms with van der Waals surface area (Å²) in [4.78, 5) is 11.2. The van der Waals surface area contributed by atoms with Crippen LogP contribution in [0.2, 0.25) is 0 Å². The molecule has 1 aliphatic rings. The van der Waals surface area contributed by atoms with Crippen LogP contribution in [0.4, 0.5) is 0 Å². The monoisotopic (exact) mass is 185 g/mol. The maximum absolute atomic E-state index is 11.2. The molecule has 0 spiro atoms. The first-order valence-electron chi connectivity index (χ1n) is 4.90. The fraction of sp³-hybridized carbons (Fsp3) is 0.900. The average molecular weight is 185 g/mol. The summed E-state index contributed by atoms with van der Waals surface area (Å²) in [6.45, 7) is 7.03. The van der Waals surface area contributed by atoms with Crippen molar-refractivity contribution < 1.29 is 9.53 Å². The molecule has 3 nitrogen and oxygen atoms in total. The topological polar surface area (TPSA) is 38.3 Å². The quantitative estimate of drug-likeness (QED) is 0.701. The summed E-state index contributed by atoms with van der Waals surface area (Å²) in [5, 5.41) is 2.88. The van der Waals surface area contributed by atoms with Crippen molar-refractivity contribution in [1.29, 1.82) is 0 Å². The molecule has 3 heteroatoms. The molecule has 0 unspecified atom stereocenters. The van der Waals surface area contributed by atoms with E-state index in [0.717, 1.165) is 6.54 Å². The summed E-state index contributed by atoms with van der Waals surface area (Å²) in [5.74, 6) is 0.00169. The zero-order chi connectivity index (χ0) is 9.90. The van der Waals surface area contributed by atoms with Crippen molar-refractivity contribution in [2.24, 2.45) is 5.41 Å². The van der Waals surface area contributed by atoms with Gasteiger partial charge in [-0.25, -0.2) is 0 Å². The number of nitrogens with one attached hydrogen (secondary N) is 1. The van der Waals surface area contributed by atoms with Crippen LogP contribution in [0.25, 0.3) is 0 Å². The van der Waals surface area contributed by atoms with Crippen molar-refractivity contribution in [3.63, 3.8) is 0 Å². The van der Waals surface area contributed by atoms with Crippen molar-refractivity contribution >= 4 is 5.91 Å². The lowest BCUT2D eigenvalue weighted by molar-refractivity contribution is -0.127. The van der Waals surface area contributed by atoms with Crippen LogP contribution in [0, 0.1) is 5.41 Å². The van der Waals surface area contributed by atoms with Crippen LogP contribution in [0.1, 0.15) is 33.6 Å². The van der Waals surface area contributed by atoms with Crippen molar-refractivity contribution in [1.82, 2.24) is 5.32 Å². The van der Waals surface area contributed by atoms with Crippen LogP contribution in [0.3, 0.4) is 0 Å². The Bertz CT molecular complexity index is 185. The second-order valence-corrected chi connectivity index (χ2v) is 4.45. The number of amides is 1. The number of carbonyl (C=O) groups is 1. The van der Waals surface area contributed by atoms with E-state index in [4.69, 9.17) is 4.74 Å². The van der Waals surface area contributed by atoms with Gasteiger partial charge in [0.2, 0.25) is 5.91 Å². The SMILES string of the molecule is CC(C)OCC(=O)NCC1(C)CC1. The third-order valence-corrected chi connectivity index (χ3v) is 2.36. The van der Waals surface area contributed by atoms with E-state index < -0.39 is 0 Å². The van der Waals surface area contributed by atoms with Crippen molar-refractivity contribution in [3.05, 3.63) is 0 Å². The first-order chi connectivity index (χ1) is 6.02. The summed E-state index contributed by atoms with van der Waals surface area (Å²) >= 11 is 0. The van der Waals surface area contributed by atoms with Crippen molar-refractivity contribution in [2.45, 2.75) is 39.7 Å². The van der Waals surface area contributed by atoms with Gasteiger partial charge >= 0.3 is 0 Å². The van der Waals surface area contributed by atoms with Gasteiger partial charge in [-0.05, 0) is 32.1 Å². The molecule has 13 heavy (non-hydrogen) atoms. The molecule has 1 saturated carbocycles. The predicted octanol–water partition coefficient (Wildman–Crippen LogP) is 1.33. The Hall–Kier alpha value is -0.570. The molecule has 0 aromatic rings. The van der Waals surface area contributed by atoms with E-state index in [1.165, 1.54) is 12.8 Å². The van der Waals surface area contributed by atoms with Crippen molar-refractivity contribution in [3.8, 4) is 0 Å². The van der Waals surface area contributed by atoms with Crippen LogP contribution in [0.5, 0.6) is 0 Å². The highest BCUT2D eigenvalue weighted by Gasteiger charge is 2.37. The molecule has 0 radical (unpaired) electrons. The fourth-order valence-electron chi connectivity index (χ4n) is 0.996. The molecule has 1 amide bonds. The standard InChI is InChI=1S/C10H19NO2/c1-8(2)13-6-9(12)11-7-10(3)4-5-10/h8H,4-7H2,1-3H3,(H,11,12). The van der Waals surface area contributed by atoms with Crippen LogP contribution >= 0.6 is 0 Å².